The number of carbonyl (C=O) groups excluding carboxylic acids is 5. The second-order valence-corrected chi connectivity index (χ2v) is 10.8. The van der Waals surface area contributed by atoms with Crippen molar-refractivity contribution in [3.8, 4) is 0 Å². The summed E-state index contributed by atoms with van der Waals surface area (Å²) < 4.78 is 0. The third kappa shape index (κ3) is 10.3. The zero-order valence-corrected chi connectivity index (χ0v) is 25.2. The van der Waals surface area contributed by atoms with Crippen LogP contribution in [0.1, 0.15) is 24.1 Å². The van der Waals surface area contributed by atoms with Gasteiger partial charge in [0.2, 0.25) is 29.5 Å². The predicted molar refractivity (Wildman–Crippen MR) is 163 cm³/mol. The minimum atomic E-state index is -1.26. The molecular weight excluding hydrogens is 608 g/mol. The predicted octanol–water partition coefficient (Wildman–Crippen LogP) is -2.91. The Hall–Kier alpha value is -4.48. The van der Waals surface area contributed by atoms with Crippen LogP contribution < -0.4 is 27.0 Å². The third-order valence-electron chi connectivity index (χ3n) is 7.14. The lowest BCUT2D eigenvalue weighted by molar-refractivity contribution is -0.142. The maximum absolute atomic E-state index is 13.2. The number of amides is 5. The summed E-state index contributed by atoms with van der Waals surface area (Å²) in [5, 5.41) is 28.7. The highest BCUT2D eigenvalue weighted by atomic mass is 32.1. The molecule has 1 aromatic heterocycles. The average Bonchev–Trinajstić information content (AvgIpc) is 3.74. The SMILES string of the molecule is N[C@@H](CO)C(=O)N[C@@H](Cc1c[nH]cn1)C(=O)NCC(=O)N1CCC[C@H]1C(=O)N[C@@H](CS)C(=O)N[C@@H](Cc1ccccc1)C(=O)O. The molecule has 0 bridgehead atoms. The molecule has 2 heterocycles. The van der Waals surface area contributed by atoms with Crippen LogP contribution >= 0.6 is 12.6 Å². The highest BCUT2D eigenvalue weighted by Gasteiger charge is 2.36. The number of imidazole rings is 1. The molecule has 0 unspecified atom stereocenters. The fraction of sp³-hybridized carbons (Fsp3) is 0.464. The first-order chi connectivity index (χ1) is 21.5. The van der Waals surface area contributed by atoms with Crippen LogP contribution in [0, 0.1) is 0 Å². The van der Waals surface area contributed by atoms with Crippen LogP contribution in [-0.2, 0) is 41.6 Å². The molecule has 2 aromatic rings. The Labute approximate surface area is 264 Å². The Bertz CT molecular complexity index is 1330. The van der Waals surface area contributed by atoms with E-state index in [4.69, 9.17) is 10.8 Å². The summed E-state index contributed by atoms with van der Waals surface area (Å²) in [6.07, 6.45) is 3.72. The van der Waals surface area contributed by atoms with Crippen molar-refractivity contribution in [2.45, 2.75) is 55.9 Å². The minimum Gasteiger partial charge on any atom is -0.480 e. The van der Waals surface area contributed by atoms with Gasteiger partial charge in [-0.15, -0.1) is 0 Å². The van der Waals surface area contributed by atoms with E-state index in [2.05, 4.69) is 43.9 Å². The maximum atomic E-state index is 13.2. The number of carbonyl (C=O) groups is 6. The standard InChI is InChI=1S/C28H38N8O8S/c29-18(13-37)24(39)33-19(10-17-11-30-15-32-17)25(40)31-12-23(38)36-8-4-7-22(36)27(42)35-21(14-45)26(41)34-20(28(43)44)9-16-5-2-1-3-6-16/h1-3,5-6,11,15,18-22,37,45H,4,7-10,12-14,29H2,(H,30,32)(H,31,40)(H,33,39)(H,34,41)(H,35,42)(H,43,44)/t18-,19-,20-,21-,22-/m0/s1. The van der Waals surface area contributed by atoms with Crippen molar-refractivity contribution in [2.75, 3.05) is 25.4 Å². The maximum Gasteiger partial charge on any atom is 0.326 e. The molecule has 1 aromatic carbocycles. The summed E-state index contributed by atoms with van der Waals surface area (Å²) in [5.74, 6) is -4.79. The number of aromatic amines is 1. The number of hydrogen-bond acceptors (Lipinski definition) is 10. The Morgan fingerprint density at radius 1 is 1.00 bits per heavy atom. The monoisotopic (exact) mass is 646 g/mol. The molecule has 1 aliphatic heterocycles. The molecule has 244 valence electrons. The van der Waals surface area contributed by atoms with E-state index in [-0.39, 0.29) is 25.1 Å². The number of benzene rings is 1. The van der Waals surface area contributed by atoms with Crippen molar-refractivity contribution in [1.29, 1.82) is 0 Å². The molecule has 9 N–H and O–H groups in total. The number of aliphatic hydroxyl groups is 1. The van der Waals surface area contributed by atoms with Gasteiger partial charge in [0.05, 0.1) is 25.2 Å². The lowest BCUT2D eigenvalue weighted by Crippen LogP contribution is -2.57. The first kappa shape index (κ1) is 35.0. The van der Waals surface area contributed by atoms with Crippen LogP contribution in [0.5, 0.6) is 0 Å². The number of thiol groups is 1. The number of aliphatic hydroxyl groups excluding tert-OH is 1. The smallest absolute Gasteiger partial charge is 0.326 e. The van der Waals surface area contributed by atoms with E-state index in [1.807, 2.05) is 0 Å². The van der Waals surface area contributed by atoms with Gasteiger partial charge in [-0.25, -0.2) is 9.78 Å². The largest absolute Gasteiger partial charge is 0.480 e. The van der Waals surface area contributed by atoms with Crippen molar-refractivity contribution in [3.05, 3.63) is 54.1 Å². The molecular formula is C28H38N8O8S. The number of nitrogens with one attached hydrogen (secondary N) is 5. The molecule has 17 heteroatoms. The molecule has 16 nitrogen and oxygen atoms in total. The van der Waals surface area contributed by atoms with Gasteiger partial charge in [-0.3, -0.25) is 24.0 Å². The van der Waals surface area contributed by atoms with Gasteiger partial charge < -0.3 is 47.1 Å². The second kappa shape index (κ2) is 17.1. The molecule has 1 aliphatic rings. The summed E-state index contributed by atoms with van der Waals surface area (Å²) in [5.41, 5.74) is 6.70. The van der Waals surface area contributed by atoms with Crippen LogP contribution in [0.25, 0.3) is 0 Å². The molecule has 1 fully saturated rings. The highest BCUT2D eigenvalue weighted by molar-refractivity contribution is 7.80. The lowest BCUT2D eigenvalue weighted by Gasteiger charge is -2.27. The first-order valence-electron chi connectivity index (χ1n) is 14.2. The Morgan fingerprint density at radius 3 is 2.33 bits per heavy atom. The fourth-order valence-corrected chi connectivity index (χ4v) is 4.95. The number of hydrogen-bond donors (Lipinski definition) is 9. The molecule has 0 radical (unpaired) electrons. The molecule has 45 heavy (non-hydrogen) atoms. The molecule has 3 rings (SSSR count). The Kier molecular flexibility index (Phi) is 13.3. The van der Waals surface area contributed by atoms with Gasteiger partial charge in [0.25, 0.3) is 0 Å². The van der Waals surface area contributed by atoms with Crippen molar-refractivity contribution in [2.24, 2.45) is 5.73 Å². The fourth-order valence-electron chi connectivity index (χ4n) is 4.69. The average molecular weight is 647 g/mol. The summed E-state index contributed by atoms with van der Waals surface area (Å²) in [4.78, 5) is 84.2. The van der Waals surface area contributed by atoms with Crippen LogP contribution in [0.3, 0.4) is 0 Å². The summed E-state index contributed by atoms with van der Waals surface area (Å²) in [7, 11) is 0. The second-order valence-electron chi connectivity index (χ2n) is 10.4. The van der Waals surface area contributed by atoms with Crippen LogP contribution in [-0.4, -0.2) is 116 Å². The molecule has 5 atom stereocenters. The van der Waals surface area contributed by atoms with E-state index in [0.29, 0.717) is 24.1 Å². The zero-order chi connectivity index (χ0) is 32.9. The van der Waals surface area contributed by atoms with Crippen LogP contribution in [0.4, 0.5) is 0 Å². The molecule has 0 saturated carbocycles. The number of carboxylic acid groups (broad SMARTS) is 1. The first-order valence-corrected chi connectivity index (χ1v) is 14.9. The topological polar surface area (TPSA) is 249 Å². The number of carboxylic acids is 1. The number of nitrogens with zero attached hydrogens (tertiary/aromatic N) is 2. The van der Waals surface area contributed by atoms with E-state index in [9.17, 15) is 33.9 Å². The summed E-state index contributed by atoms with van der Waals surface area (Å²) in [6, 6.07) is 2.98. The normalized spacial score (nSPS) is 17.0. The zero-order valence-electron chi connectivity index (χ0n) is 24.3. The van der Waals surface area contributed by atoms with E-state index < -0.39 is 78.9 Å². The Balaban J connectivity index is 1.58. The summed E-state index contributed by atoms with van der Waals surface area (Å²) in [6.45, 7) is -0.900. The van der Waals surface area contributed by atoms with Gasteiger partial charge in [0.15, 0.2) is 0 Å². The van der Waals surface area contributed by atoms with Gasteiger partial charge in [-0.2, -0.15) is 12.6 Å². The van der Waals surface area contributed by atoms with Gasteiger partial charge in [0.1, 0.15) is 30.2 Å². The van der Waals surface area contributed by atoms with Gasteiger partial charge in [-0.05, 0) is 18.4 Å². The molecule has 0 spiro atoms. The number of H-pyrrole nitrogens is 1. The number of aromatic nitrogens is 2. The molecule has 1 saturated heterocycles. The highest BCUT2D eigenvalue weighted by Crippen LogP contribution is 2.18. The number of rotatable bonds is 16. The van der Waals surface area contributed by atoms with E-state index in [1.165, 1.54) is 17.4 Å². The van der Waals surface area contributed by atoms with Crippen molar-refractivity contribution in [3.63, 3.8) is 0 Å². The number of aliphatic carboxylic acids is 1. The van der Waals surface area contributed by atoms with Gasteiger partial charge >= 0.3 is 5.97 Å². The Morgan fingerprint density at radius 2 is 1.71 bits per heavy atom. The van der Waals surface area contributed by atoms with Crippen molar-refractivity contribution in [1.82, 2.24) is 36.1 Å². The molecule has 0 aliphatic carbocycles. The van der Waals surface area contributed by atoms with Gasteiger partial charge in [-0.1, -0.05) is 30.3 Å². The van der Waals surface area contributed by atoms with E-state index >= 15 is 0 Å². The van der Waals surface area contributed by atoms with Crippen molar-refractivity contribution >= 4 is 48.1 Å². The van der Waals surface area contributed by atoms with Crippen LogP contribution in [0.2, 0.25) is 0 Å². The van der Waals surface area contributed by atoms with Gasteiger partial charge in [0, 0.05) is 31.3 Å². The number of likely N-dealkylation sites (tertiary alicyclic amines) is 1. The van der Waals surface area contributed by atoms with Crippen LogP contribution in [0.15, 0.2) is 42.9 Å². The third-order valence-corrected chi connectivity index (χ3v) is 7.50. The van der Waals surface area contributed by atoms with E-state index in [0.717, 1.165) is 0 Å². The molecule has 5 amide bonds. The lowest BCUT2D eigenvalue weighted by atomic mass is 10.1. The quantitative estimate of drug-likeness (QED) is 0.0841. The number of nitrogens with two attached hydrogens (primary N) is 1. The summed E-state index contributed by atoms with van der Waals surface area (Å²) >= 11 is 4.15. The van der Waals surface area contributed by atoms with Crippen molar-refractivity contribution < 1.29 is 39.0 Å². The minimum absolute atomic E-state index is 0.0244. The van der Waals surface area contributed by atoms with E-state index in [1.54, 1.807) is 30.3 Å².